The number of aromatic nitrogens is 1. The molecule has 21 heavy (non-hydrogen) atoms. The molecule has 1 heterocycles. The minimum atomic E-state index is -0.751. The van der Waals surface area contributed by atoms with Crippen LogP contribution in [0, 0.1) is 0 Å². The number of hydrogen-bond donors (Lipinski definition) is 0. The van der Waals surface area contributed by atoms with Crippen molar-refractivity contribution in [1.29, 1.82) is 0 Å². The summed E-state index contributed by atoms with van der Waals surface area (Å²) in [5.74, 6) is -1.08. The Labute approximate surface area is 124 Å². The van der Waals surface area contributed by atoms with Gasteiger partial charge in [0.25, 0.3) is 0 Å². The SMILES string of the molecule is CCOC(=O)CCCn1c(=O)oc(=O)c2cc(Cl)ccc21. The largest absolute Gasteiger partial charge is 0.466 e. The molecule has 2 rings (SSSR count). The van der Waals surface area contributed by atoms with Crippen molar-refractivity contribution >= 4 is 28.5 Å². The van der Waals surface area contributed by atoms with Gasteiger partial charge in [0.15, 0.2) is 0 Å². The summed E-state index contributed by atoms with van der Waals surface area (Å²) in [5, 5.41) is 0.616. The van der Waals surface area contributed by atoms with Gasteiger partial charge >= 0.3 is 17.4 Å². The van der Waals surface area contributed by atoms with Gasteiger partial charge in [-0.3, -0.25) is 9.36 Å². The Morgan fingerprint density at radius 2 is 2.14 bits per heavy atom. The first kappa shape index (κ1) is 15.3. The van der Waals surface area contributed by atoms with E-state index in [9.17, 15) is 14.4 Å². The van der Waals surface area contributed by atoms with Crippen LogP contribution in [0.3, 0.4) is 0 Å². The maximum atomic E-state index is 11.8. The van der Waals surface area contributed by atoms with Crippen LogP contribution in [-0.2, 0) is 16.1 Å². The van der Waals surface area contributed by atoms with Crippen molar-refractivity contribution in [3.63, 3.8) is 0 Å². The van der Waals surface area contributed by atoms with Gasteiger partial charge in [0.2, 0.25) is 0 Å². The van der Waals surface area contributed by atoms with Gasteiger partial charge in [-0.05, 0) is 31.5 Å². The van der Waals surface area contributed by atoms with Crippen LogP contribution >= 0.6 is 11.6 Å². The summed E-state index contributed by atoms with van der Waals surface area (Å²) >= 11 is 5.83. The topological polar surface area (TPSA) is 78.5 Å². The molecule has 0 aliphatic rings. The highest BCUT2D eigenvalue weighted by Gasteiger charge is 2.10. The molecule has 0 saturated carbocycles. The second kappa shape index (κ2) is 6.58. The summed E-state index contributed by atoms with van der Waals surface area (Å²) in [4.78, 5) is 34.7. The second-order valence-electron chi connectivity index (χ2n) is 4.38. The van der Waals surface area contributed by atoms with E-state index >= 15 is 0 Å². The Bertz CT molecular complexity index is 777. The fourth-order valence-electron chi connectivity index (χ4n) is 2.02. The van der Waals surface area contributed by atoms with Crippen LogP contribution in [0.4, 0.5) is 0 Å². The molecule has 0 bridgehead atoms. The number of esters is 1. The Balaban J connectivity index is 2.29. The van der Waals surface area contributed by atoms with E-state index in [1.807, 2.05) is 0 Å². The average Bonchev–Trinajstić information content (AvgIpc) is 2.43. The number of carbonyl (C=O) groups excluding carboxylic acids is 1. The number of benzene rings is 1. The van der Waals surface area contributed by atoms with Crippen molar-refractivity contribution in [2.45, 2.75) is 26.3 Å². The van der Waals surface area contributed by atoms with Crippen molar-refractivity contribution in [2.75, 3.05) is 6.61 Å². The highest BCUT2D eigenvalue weighted by atomic mass is 35.5. The molecule has 1 aromatic heterocycles. The zero-order valence-electron chi connectivity index (χ0n) is 11.4. The van der Waals surface area contributed by atoms with Crippen LogP contribution in [0.1, 0.15) is 19.8 Å². The van der Waals surface area contributed by atoms with Crippen molar-refractivity contribution in [3.05, 3.63) is 44.2 Å². The second-order valence-corrected chi connectivity index (χ2v) is 4.81. The number of carbonyl (C=O) groups is 1. The molecule has 0 aliphatic heterocycles. The van der Waals surface area contributed by atoms with Gasteiger partial charge in [-0.2, -0.15) is 0 Å². The molecule has 7 heteroatoms. The lowest BCUT2D eigenvalue weighted by Gasteiger charge is -2.08. The summed E-state index contributed by atoms with van der Waals surface area (Å²) in [6.45, 7) is 2.30. The maximum absolute atomic E-state index is 11.8. The number of hydrogen-bond acceptors (Lipinski definition) is 5. The van der Waals surface area contributed by atoms with E-state index in [1.54, 1.807) is 19.1 Å². The summed E-state index contributed by atoms with van der Waals surface area (Å²) in [6, 6.07) is 4.62. The molecule has 6 nitrogen and oxygen atoms in total. The third kappa shape index (κ3) is 3.52. The lowest BCUT2D eigenvalue weighted by molar-refractivity contribution is -0.143. The highest BCUT2D eigenvalue weighted by molar-refractivity contribution is 6.31. The molecule has 0 spiro atoms. The third-order valence-corrected chi connectivity index (χ3v) is 3.17. The summed E-state index contributed by atoms with van der Waals surface area (Å²) in [5.41, 5.74) is -0.288. The molecule has 0 amide bonds. The van der Waals surface area contributed by atoms with Crippen LogP contribution in [0.2, 0.25) is 5.02 Å². The first-order valence-corrected chi connectivity index (χ1v) is 6.89. The number of ether oxygens (including phenoxy) is 1. The Morgan fingerprint density at radius 1 is 1.38 bits per heavy atom. The zero-order chi connectivity index (χ0) is 15.4. The molecule has 112 valence electrons. The van der Waals surface area contributed by atoms with Gasteiger partial charge in [-0.15, -0.1) is 0 Å². The van der Waals surface area contributed by atoms with E-state index in [0.29, 0.717) is 23.6 Å². The average molecular weight is 312 g/mol. The molecule has 0 radical (unpaired) electrons. The normalized spacial score (nSPS) is 10.8. The molecule has 2 aromatic rings. The smallest absolute Gasteiger partial charge is 0.422 e. The number of nitrogens with zero attached hydrogens (tertiary/aromatic N) is 1. The Kier molecular flexibility index (Phi) is 4.80. The van der Waals surface area contributed by atoms with Gasteiger partial charge in [0.1, 0.15) is 0 Å². The summed E-state index contributed by atoms with van der Waals surface area (Å²) in [6.07, 6.45) is 0.596. The third-order valence-electron chi connectivity index (χ3n) is 2.94. The molecule has 1 aromatic carbocycles. The minimum absolute atomic E-state index is 0.189. The van der Waals surface area contributed by atoms with Crippen LogP contribution in [-0.4, -0.2) is 17.1 Å². The Hall–Kier alpha value is -2.08. The van der Waals surface area contributed by atoms with Crippen molar-refractivity contribution in [1.82, 2.24) is 4.57 Å². The first-order chi connectivity index (χ1) is 10.0. The lowest BCUT2D eigenvalue weighted by Crippen LogP contribution is -2.25. The van der Waals surface area contributed by atoms with Gasteiger partial charge in [-0.1, -0.05) is 11.6 Å². The van der Waals surface area contributed by atoms with Crippen molar-refractivity contribution < 1.29 is 13.9 Å². The molecular formula is C14H14ClNO5. The standard InChI is InChI=1S/C14H14ClNO5/c1-2-20-12(17)4-3-7-16-11-6-5-9(15)8-10(11)13(18)21-14(16)19/h5-6,8H,2-4,7H2,1H3. The molecule has 0 atom stereocenters. The molecule has 0 N–H and O–H groups in total. The first-order valence-electron chi connectivity index (χ1n) is 6.51. The zero-order valence-corrected chi connectivity index (χ0v) is 12.2. The predicted octanol–water partition coefficient (Wildman–Crippen LogP) is 1.95. The van der Waals surface area contributed by atoms with Crippen molar-refractivity contribution in [3.8, 4) is 0 Å². The number of fused-ring (bicyclic) bond motifs is 1. The fourth-order valence-corrected chi connectivity index (χ4v) is 2.19. The van der Waals surface area contributed by atoms with E-state index in [-0.39, 0.29) is 24.3 Å². The van der Waals surface area contributed by atoms with Gasteiger partial charge in [0, 0.05) is 18.0 Å². The van der Waals surface area contributed by atoms with E-state index < -0.39 is 11.4 Å². The van der Waals surface area contributed by atoms with E-state index in [2.05, 4.69) is 4.42 Å². The number of rotatable bonds is 5. The quantitative estimate of drug-likeness (QED) is 0.789. The van der Waals surface area contributed by atoms with Crippen LogP contribution in [0.5, 0.6) is 0 Å². The molecule has 0 aliphatic carbocycles. The van der Waals surface area contributed by atoms with Gasteiger partial charge < -0.3 is 9.15 Å². The predicted molar refractivity (Wildman–Crippen MR) is 77.6 cm³/mol. The lowest BCUT2D eigenvalue weighted by atomic mass is 10.2. The van der Waals surface area contributed by atoms with Crippen LogP contribution < -0.4 is 11.4 Å². The number of aryl methyl sites for hydroxylation is 1. The highest BCUT2D eigenvalue weighted by Crippen LogP contribution is 2.15. The maximum Gasteiger partial charge on any atom is 0.422 e. The van der Waals surface area contributed by atoms with Gasteiger partial charge in [-0.25, -0.2) is 9.59 Å². The Morgan fingerprint density at radius 3 is 2.86 bits per heavy atom. The fraction of sp³-hybridized carbons (Fsp3) is 0.357. The number of halogens is 1. The monoisotopic (exact) mass is 311 g/mol. The summed E-state index contributed by atoms with van der Waals surface area (Å²) < 4.78 is 10.8. The van der Waals surface area contributed by atoms with Crippen LogP contribution in [0.15, 0.2) is 32.2 Å². The molecule has 0 fully saturated rings. The van der Waals surface area contributed by atoms with Gasteiger partial charge in [0.05, 0.1) is 17.5 Å². The van der Waals surface area contributed by atoms with E-state index in [0.717, 1.165) is 0 Å². The summed E-state index contributed by atoms with van der Waals surface area (Å²) in [7, 11) is 0. The van der Waals surface area contributed by atoms with E-state index in [4.69, 9.17) is 16.3 Å². The molecule has 0 unspecified atom stereocenters. The minimum Gasteiger partial charge on any atom is -0.466 e. The molecular weight excluding hydrogens is 298 g/mol. The van der Waals surface area contributed by atoms with Crippen LogP contribution in [0.25, 0.3) is 10.9 Å². The molecule has 0 saturated heterocycles. The van der Waals surface area contributed by atoms with E-state index in [1.165, 1.54) is 10.6 Å². The van der Waals surface area contributed by atoms with Crippen molar-refractivity contribution in [2.24, 2.45) is 0 Å².